The van der Waals surface area contributed by atoms with E-state index in [0.717, 1.165) is 35.5 Å². The summed E-state index contributed by atoms with van der Waals surface area (Å²) < 4.78 is 11.2. The maximum absolute atomic E-state index is 12.6. The quantitative estimate of drug-likeness (QED) is 0.518. The fourth-order valence-corrected chi connectivity index (χ4v) is 4.57. The summed E-state index contributed by atoms with van der Waals surface area (Å²) in [5.74, 6) is 0.584. The van der Waals surface area contributed by atoms with Crippen molar-refractivity contribution in [2.75, 3.05) is 39.5 Å². The van der Waals surface area contributed by atoms with Crippen LogP contribution in [0.1, 0.15) is 29.5 Å². The number of nitrogens with zero attached hydrogens (tertiary/aromatic N) is 1. The number of ether oxygens (including phenoxy) is 2. The van der Waals surface area contributed by atoms with Crippen LogP contribution in [0.15, 0.2) is 78.9 Å². The molecule has 3 aromatic carbocycles. The van der Waals surface area contributed by atoms with E-state index >= 15 is 0 Å². The second kappa shape index (κ2) is 10.5. The summed E-state index contributed by atoms with van der Waals surface area (Å²) in [5, 5.41) is 13.2. The predicted octanol–water partition coefficient (Wildman–Crippen LogP) is 5.09. The Morgan fingerprint density at radius 3 is 2.19 bits per heavy atom. The standard InChI is InChI=1S/C27H30ClNO3/c1-2-32-25-14-10-23(11-15-25)27(30,22-6-4-3-5-7-22)26(20-29-16-18-31-19-17-29)21-8-12-24(28)13-9-21/h3-15,26,30H,2,16-20H2,1H3/t26-,27-/m1/s1. The van der Waals surface area contributed by atoms with E-state index in [-0.39, 0.29) is 5.92 Å². The van der Waals surface area contributed by atoms with Crippen LogP contribution in [0.3, 0.4) is 0 Å². The molecule has 0 amide bonds. The zero-order chi connectivity index (χ0) is 22.4. The first-order valence-electron chi connectivity index (χ1n) is 11.2. The van der Waals surface area contributed by atoms with Gasteiger partial charge in [-0.1, -0.05) is 66.2 Å². The van der Waals surface area contributed by atoms with E-state index in [1.165, 1.54) is 0 Å². The topological polar surface area (TPSA) is 41.9 Å². The Morgan fingerprint density at radius 1 is 0.938 bits per heavy atom. The van der Waals surface area contributed by atoms with Crippen molar-refractivity contribution in [3.05, 3.63) is 101 Å². The molecule has 1 aliphatic rings. The normalized spacial score (nSPS) is 17.5. The summed E-state index contributed by atoms with van der Waals surface area (Å²) in [6.07, 6.45) is 0. The van der Waals surface area contributed by atoms with Gasteiger partial charge < -0.3 is 14.6 Å². The maximum atomic E-state index is 12.6. The summed E-state index contributed by atoms with van der Waals surface area (Å²) in [7, 11) is 0. The van der Waals surface area contributed by atoms with Crippen molar-refractivity contribution in [1.29, 1.82) is 0 Å². The third-order valence-electron chi connectivity index (χ3n) is 6.14. The van der Waals surface area contributed by atoms with Gasteiger partial charge in [0.25, 0.3) is 0 Å². The number of hydrogen-bond acceptors (Lipinski definition) is 4. The third kappa shape index (κ3) is 5.00. The van der Waals surface area contributed by atoms with Crippen LogP contribution in [0.4, 0.5) is 0 Å². The molecule has 1 heterocycles. The van der Waals surface area contributed by atoms with Gasteiger partial charge in [0.1, 0.15) is 11.4 Å². The van der Waals surface area contributed by atoms with E-state index in [9.17, 15) is 5.11 Å². The van der Waals surface area contributed by atoms with E-state index in [4.69, 9.17) is 21.1 Å². The van der Waals surface area contributed by atoms with Crippen molar-refractivity contribution < 1.29 is 14.6 Å². The summed E-state index contributed by atoms with van der Waals surface area (Å²) in [5.41, 5.74) is 1.50. The van der Waals surface area contributed by atoms with Gasteiger partial charge in [0.15, 0.2) is 0 Å². The summed E-state index contributed by atoms with van der Waals surface area (Å²) in [4.78, 5) is 2.37. The largest absolute Gasteiger partial charge is 0.494 e. The Labute approximate surface area is 195 Å². The first-order chi connectivity index (χ1) is 15.6. The molecule has 5 heteroatoms. The van der Waals surface area contributed by atoms with Gasteiger partial charge in [0, 0.05) is 30.6 Å². The second-order valence-electron chi connectivity index (χ2n) is 8.11. The summed E-state index contributed by atoms with van der Waals surface area (Å²) >= 11 is 6.20. The highest BCUT2D eigenvalue weighted by molar-refractivity contribution is 6.30. The van der Waals surface area contributed by atoms with Crippen LogP contribution < -0.4 is 4.74 Å². The summed E-state index contributed by atoms with van der Waals surface area (Å²) in [6, 6.07) is 25.6. The zero-order valence-corrected chi connectivity index (χ0v) is 19.2. The Hall–Kier alpha value is -2.37. The van der Waals surface area contributed by atoms with Crippen molar-refractivity contribution in [3.63, 3.8) is 0 Å². The van der Waals surface area contributed by atoms with E-state index in [2.05, 4.69) is 4.90 Å². The van der Waals surface area contributed by atoms with Crippen LogP contribution in [-0.2, 0) is 10.3 Å². The Morgan fingerprint density at radius 2 is 1.56 bits per heavy atom. The first-order valence-corrected chi connectivity index (χ1v) is 11.6. The van der Waals surface area contributed by atoms with Crippen molar-refractivity contribution in [2.45, 2.75) is 18.4 Å². The van der Waals surface area contributed by atoms with E-state index in [1.54, 1.807) is 0 Å². The first kappa shape index (κ1) is 22.8. The van der Waals surface area contributed by atoms with Crippen molar-refractivity contribution in [2.24, 2.45) is 0 Å². The molecule has 0 saturated carbocycles. The lowest BCUT2D eigenvalue weighted by Gasteiger charge is -2.41. The third-order valence-corrected chi connectivity index (χ3v) is 6.39. The minimum Gasteiger partial charge on any atom is -0.494 e. The van der Waals surface area contributed by atoms with Gasteiger partial charge in [0.2, 0.25) is 0 Å². The monoisotopic (exact) mass is 451 g/mol. The SMILES string of the molecule is CCOc1ccc([C@](O)(c2ccccc2)[C@H](CN2CCOCC2)c2ccc(Cl)cc2)cc1. The fourth-order valence-electron chi connectivity index (χ4n) is 4.45. The van der Waals surface area contributed by atoms with E-state index in [1.807, 2.05) is 85.8 Å². The van der Waals surface area contributed by atoms with Crippen LogP contribution in [0.25, 0.3) is 0 Å². The van der Waals surface area contributed by atoms with Gasteiger partial charge in [-0.2, -0.15) is 0 Å². The average Bonchev–Trinajstić information content (AvgIpc) is 2.85. The Kier molecular flexibility index (Phi) is 7.48. The number of benzene rings is 3. The molecule has 32 heavy (non-hydrogen) atoms. The molecule has 168 valence electrons. The molecule has 4 nitrogen and oxygen atoms in total. The van der Waals surface area contributed by atoms with Crippen LogP contribution >= 0.6 is 11.6 Å². The molecule has 0 aromatic heterocycles. The molecule has 0 spiro atoms. The zero-order valence-electron chi connectivity index (χ0n) is 18.4. The predicted molar refractivity (Wildman–Crippen MR) is 129 cm³/mol. The molecular weight excluding hydrogens is 422 g/mol. The number of hydrogen-bond donors (Lipinski definition) is 1. The lowest BCUT2D eigenvalue weighted by atomic mass is 9.72. The van der Waals surface area contributed by atoms with Crippen LogP contribution in [0.2, 0.25) is 5.02 Å². The molecule has 1 fully saturated rings. The lowest BCUT2D eigenvalue weighted by Crippen LogP contribution is -2.45. The van der Waals surface area contributed by atoms with Crippen molar-refractivity contribution in [1.82, 2.24) is 4.90 Å². The molecule has 4 rings (SSSR count). The van der Waals surface area contributed by atoms with Gasteiger partial charge in [-0.05, 0) is 47.9 Å². The smallest absolute Gasteiger partial charge is 0.123 e. The average molecular weight is 452 g/mol. The molecule has 1 saturated heterocycles. The lowest BCUT2D eigenvalue weighted by molar-refractivity contribution is 0.000751. The molecule has 0 radical (unpaired) electrons. The van der Waals surface area contributed by atoms with Crippen LogP contribution in [0.5, 0.6) is 5.75 Å². The van der Waals surface area contributed by atoms with Crippen LogP contribution in [0, 0.1) is 0 Å². The second-order valence-corrected chi connectivity index (χ2v) is 8.54. The minimum absolute atomic E-state index is 0.210. The number of rotatable bonds is 8. The highest BCUT2D eigenvalue weighted by Crippen LogP contribution is 2.43. The van der Waals surface area contributed by atoms with Gasteiger partial charge in [0.05, 0.1) is 19.8 Å². The highest BCUT2D eigenvalue weighted by Gasteiger charge is 2.42. The van der Waals surface area contributed by atoms with Crippen LogP contribution in [-0.4, -0.2) is 49.5 Å². The van der Waals surface area contributed by atoms with Gasteiger partial charge in [-0.25, -0.2) is 0 Å². The number of morpholine rings is 1. The molecule has 2 atom stereocenters. The number of halogens is 1. The van der Waals surface area contributed by atoms with Gasteiger partial charge in [-0.3, -0.25) is 4.90 Å². The molecule has 0 unspecified atom stereocenters. The Balaban J connectivity index is 1.82. The summed E-state index contributed by atoms with van der Waals surface area (Å²) in [6.45, 7) is 6.38. The van der Waals surface area contributed by atoms with E-state index in [0.29, 0.717) is 31.4 Å². The van der Waals surface area contributed by atoms with E-state index < -0.39 is 5.60 Å². The highest BCUT2D eigenvalue weighted by atomic mass is 35.5. The van der Waals surface area contributed by atoms with Gasteiger partial charge >= 0.3 is 0 Å². The molecule has 3 aromatic rings. The Bertz CT molecular complexity index is 972. The molecular formula is C27H30ClNO3. The molecule has 1 N–H and O–H groups in total. The van der Waals surface area contributed by atoms with Crippen molar-refractivity contribution >= 4 is 11.6 Å². The fraction of sp³-hybridized carbons (Fsp3) is 0.333. The maximum Gasteiger partial charge on any atom is 0.123 e. The molecule has 1 aliphatic heterocycles. The molecule has 0 aliphatic carbocycles. The molecule has 0 bridgehead atoms. The number of aliphatic hydroxyl groups is 1. The van der Waals surface area contributed by atoms with Crippen molar-refractivity contribution in [3.8, 4) is 5.75 Å². The minimum atomic E-state index is -1.24. The van der Waals surface area contributed by atoms with Gasteiger partial charge in [-0.15, -0.1) is 0 Å².